The van der Waals surface area contributed by atoms with Crippen molar-refractivity contribution in [2.45, 2.75) is 44.6 Å². The lowest BCUT2D eigenvalue weighted by Crippen LogP contribution is -2.52. The maximum absolute atomic E-state index is 13.0. The molecule has 0 aliphatic carbocycles. The Balaban J connectivity index is 1.93. The molecule has 1 atom stereocenters. The maximum Gasteiger partial charge on any atom is 0.242 e. The second kappa shape index (κ2) is 14.3. The van der Waals surface area contributed by atoms with Gasteiger partial charge in [-0.25, -0.2) is 0 Å². The van der Waals surface area contributed by atoms with E-state index in [0.29, 0.717) is 32.5 Å². The minimum absolute atomic E-state index is 0.105. The molecule has 0 spiro atoms. The third kappa shape index (κ3) is 8.90. The van der Waals surface area contributed by atoms with Gasteiger partial charge in [0.2, 0.25) is 11.8 Å². The van der Waals surface area contributed by atoms with Gasteiger partial charge < -0.3 is 21.7 Å². The zero-order valence-electron chi connectivity index (χ0n) is 18.3. The SMILES string of the molecule is NCCC[C@@H](C(=O)NCCCc1ccccc1)N(CCCc1ccccc1)C(=O)CN. The van der Waals surface area contributed by atoms with Crippen molar-refractivity contribution in [1.29, 1.82) is 0 Å². The first-order chi connectivity index (χ1) is 15.2. The summed E-state index contributed by atoms with van der Waals surface area (Å²) in [5, 5.41) is 3.02. The van der Waals surface area contributed by atoms with Gasteiger partial charge in [-0.05, 0) is 56.2 Å². The Bertz CT molecular complexity index is 768. The normalized spacial score (nSPS) is 11.7. The lowest BCUT2D eigenvalue weighted by Gasteiger charge is -2.31. The van der Waals surface area contributed by atoms with Gasteiger partial charge in [-0.15, -0.1) is 0 Å². The highest BCUT2D eigenvalue weighted by molar-refractivity contribution is 5.88. The summed E-state index contributed by atoms with van der Waals surface area (Å²) in [4.78, 5) is 27.2. The highest BCUT2D eigenvalue weighted by Crippen LogP contribution is 2.12. The van der Waals surface area contributed by atoms with Gasteiger partial charge in [-0.2, -0.15) is 0 Å². The molecular formula is C25H36N4O2. The molecule has 0 fully saturated rings. The van der Waals surface area contributed by atoms with Crippen molar-refractivity contribution in [2.24, 2.45) is 11.5 Å². The summed E-state index contributed by atoms with van der Waals surface area (Å²) < 4.78 is 0. The zero-order chi connectivity index (χ0) is 22.3. The monoisotopic (exact) mass is 424 g/mol. The number of nitrogens with two attached hydrogens (primary N) is 2. The van der Waals surface area contributed by atoms with Gasteiger partial charge in [0.25, 0.3) is 0 Å². The fourth-order valence-electron chi connectivity index (χ4n) is 3.68. The number of hydrogen-bond acceptors (Lipinski definition) is 4. The predicted octanol–water partition coefficient (Wildman–Crippen LogP) is 2.26. The van der Waals surface area contributed by atoms with Crippen LogP contribution in [0.25, 0.3) is 0 Å². The first-order valence-corrected chi connectivity index (χ1v) is 11.2. The van der Waals surface area contributed by atoms with Crippen LogP contribution < -0.4 is 16.8 Å². The van der Waals surface area contributed by atoms with E-state index < -0.39 is 6.04 Å². The van der Waals surface area contributed by atoms with E-state index in [0.717, 1.165) is 25.7 Å². The van der Waals surface area contributed by atoms with Gasteiger partial charge in [0, 0.05) is 13.1 Å². The largest absolute Gasteiger partial charge is 0.354 e. The van der Waals surface area contributed by atoms with Crippen molar-refractivity contribution in [3.63, 3.8) is 0 Å². The summed E-state index contributed by atoms with van der Waals surface area (Å²) in [7, 11) is 0. The van der Waals surface area contributed by atoms with Gasteiger partial charge >= 0.3 is 0 Å². The summed E-state index contributed by atoms with van der Waals surface area (Å²) in [6.07, 6.45) is 4.58. The van der Waals surface area contributed by atoms with Crippen LogP contribution in [-0.4, -0.2) is 48.9 Å². The molecule has 0 saturated heterocycles. The molecule has 2 rings (SSSR count). The Labute approximate surface area is 186 Å². The molecule has 0 unspecified atom stereocenters. The van der Waals surface area contributed by atoms with Crippen LogP contribution in [0.1, 0.15) is 36.8 Å². The fraction of sp³-hybridized carbons (Fsp3) is 0.440. The molecule has 0 heterocycles. The Kier molecular flexibility index (Phi) is 11.4. The third-order valence-electron chi connectivity index (χ3n) is 5.35. The summed E-state index contributed by atoms with van der Waals surface area (Å²) >= 11 is 0. The molecule has 0 saturated carbocycles. The topological polar surface area (TPSA) is 101 Å². The van der Waals surface area contributed by atoms with E-state index in [4.69, 9.17) is 11.5 Å². The molecule has 0 bridgehead atoms. The number of nitrogens with one attached hydrogen (secondary N) is 1. The average Bonchev–Trinajstić information content (AvgIpc) is 2.81. The lowest BCUT2D eigenvalue weighted by atomic mass is 10.1. The number of hydrogen-bond donors (Lipinski definition) is 3. The highest BCUT2D eigenvalue weighted by atomic mass is 16.2. The molecule has 5 N–H and O–H groups in total. The number of carbonyl (C=O) groups is 2. The van der Waals surface area contributed by atoms with Gasteiger partial charge in [-0.3, -0.25) is 9.59 Å². The minimum atomic E-state index is -0.535. The van der Waals surface area contributed by atoms with Gasteiger partial charge in [0.05, 0.1) is 6.54 Å². The Morgan fingerprint density at radius 3 is 1.97 bits per heavy atom. The van der Waals surface area contributed by atoms with Crippen molar-refractivity contribution in [1.82, 2.24) is 10.2 Å². The van der Waals surface area contributed by atoms with Gasteiger partial charge in [0.1, 0.15) is 6.04 Å². The van der Waals surface area contributed by atoms with E-state index in [1.54, 1.807) is 4.90 Å². The lowest BCUT2D eigenvalue weighted by molar-refractivity contribution is -0.139. The van der Waals surface area contributed by atoms with Crippen molar-refractivity contribution in [3.8, 4) is 0 Å². The molecule has 0 radical (unpaired) electrons. The Morgan fingerprint density at radius 2 is 1.42 bits per heavy atom. The number of nitrogens with zero attached hydrogens (tertiary/aromatic N) is 1. The van der Waals surface area contributed by atoms with Gasteiger partial charge in [0.15, 0.2) is 0 Å². The van der Waals surface area contributed by atoms with Crippen LogP contribution in [0.4, 0.5) is 0 Å². The van der Waals surface area contributed by atoms with Crippen LogP contribution >= 0.6 is 0 Å². The summed E-state index contributed by atoms with van der Waals surface area (Å²) in [5.41, 5.74) is 13.8. The molecule has 6 heteroatoms. The first kappa shape index (κ1) is 24.6. The van der Waals surface area contributed by atoms with Crippen molar-refractivity contribution >= 4 is 11.8 Å². The molecule has 168 valence electrons. The molecule has 2 aromatic carbocycles. The third-order valence-corrected chi connectivity index (χ3v) is 5.35. The molecule has 0 aromatic heterocycles. The number of rotatable bonds is 14. The number of benzene rings is 2. The van der Waals surface area contributed by atoms with Gasteiger partial charge in [-0.1, -0.05) is 60.7 Å². The van der Waals surface area contributed by atoms with Crippen LogP contribution in [0.15, 0.2) is 60.7 Å². The van der Waals surface area contributed by atoms with Crippen molar-refractivity contribution < 1.29 is 9.59 Å². The summed E-state index contributed by atoms with van der Waals surface area (Å²) in [6, 6.07) is 19.8. The number of amides is 2. The van der Waals surface area contributed by atoms with E-state index >= 15 is 0 Å². The number of carbonyl (C=O) groups excluding carboxylic acids is 2. The Morgan fingerprint density at radius 1 is 0.839 bits per heavy atom. The molecule has 0 aliphatic heterocycles. The molecule has 2 amide bonds. The van der Waals surface area contributed by atoms with Crippen LogP contribution in [0, 0.1) is 0 Å². The average molecular weight is 425 g/mol. The molecular weight excluding hydrogens is 388 g/mol. The second-order valence-corrected chi connectivity index (χ2v) is 7.71. The second-order valence-electron chi connectivity index (χ2n) is 7.71. The summed E-state index contributed by atoms with van der Waals surface area (Å²) in [6.45, 7) is 1.44. The minimum Gasteiger partial charge on any atom is -0.354 e. The van der Waals surface area contributed by atoms with E-state index in [2.05, 4.69) is 29.6 Å². The van der Waals surface area contributed by atoms with Crippen LogP contribution in [0.2, 0.25) is 0 Å². The van der Waals surface area contributed by atoms with Crippen LogP contribution in [0.5, 0.6) is 0 Å². The van der Waals surface area contributed by atoms with Crippen LogP contribution in [-0.2, 0) is 22.4 Å². The smallest absolute Gasteiger partial charge is 0.242 e. The molecule has 2 aromatic rings. The molecule has 6 nitrogen and oxygen atoms in total. The van der Waals surface area contributed by atoms with E-state index in [-0.39, 0.29) is 18.4 Å². The fourth-order valence-corrected chi connectivity index (χ4v) is 3.68. The maximum atomic E-state index is 13.0. The van der Waals surface area contributed by atoms with E-state index in [1.807, 2.05) is 36.4 Å². The molecule has 0 aliphatic rings. The van der Waals surface area contributed by atoms with E-state index in [1.165, 1.54) is 11.1 Å². The molecule has 31 heavy (non-hydrogen) atoms. The van der Waals surface area contributed by atoms with E-state index in [9.17, 15) is 9.59 Å². The first-order valence-electron chi connectivity index (χ1n) is 11.2. The predicted molar refractivity (Wildman–Crippen MR) is 125 cm³/mol. The standard InChI is InChI=1S/C25H36N4O2/c26-17-7-16-23(25(31)28-18-8-14-21-10-3-1-4-11-21)29(24(30)20-27)19-9-15-22-12-5-2-6-13-22/h1-6,10-13,23H,7-9,14-20,26-27H2,(H,28,31)/t23-/m0/s1. The summed E-state index contributed by atoms with van der Waals surface area (Å²) in [5.74, 6) is -0.322. The highest BCUT2D eigenvalue weighted by Gasteiger charge is 2.28. The number of aryl methyl sites for hydroxylation is 2. The quantitative estimate of drug-likeness (QED) is 0.405. The van der Waals surface area contributed by atoms with Crippen LogP contribution in [0.3, 0.4) is 0 Å². The van der Waals surface area contributed by atoms with Crippen molar-refractivity contribution in [3.05, 3.63) is 71.8 Å². The zero-order valence-corrected chi connectivity index (χ0v) is 18.3. The Hall–Kier alpha value is -2.70. The van der Waals surface area contributed by atoms with Crippen molar-refractivity contribution in [2.75, 3.05) is 26.2 Å².